The predicted octanol–water partition coefficient (Wildman–Crippen LogP) is 5.51. The van der Waals surface area contributed by atoms with Gasteiger partial charge in [0.05, 0.1) is 11.6 Å². The summed E-state index contributed by atoms with van der Waals surface area (Å²) in [6.07, 6.45) is 2.65. The van der Waals surface area contributed by atoms with Gasteiger partial charge in [-0.1, -0.05) is 53.9 Å². The number of aryl methyl sites for hydroxylation is 1. The van der Waals surface area contributed by atoms with Crippen molar-refractivity contribution in [3.05, 3.63) is 75.0 Å². The summed E-state index contributed by atoms with van der Waals surface area (Å²) in [5, 5.41) is 11.0. The molecular weight excluding hydrogens is 437 g/mol. The quantitative estimate of drug-likeness (QED) is 0.268. The Kier molecular flexibility index (Phi) is 6.52. The summed E-state index contributed by atoms with van der Waals surface area (Å²) in [5.41, 5.74) is 1.99. The van der Waals surface area contributed by atoms with Crippen LogP contribution in [0, 0.1) is 12.7 Å². The van der Waals surface area contributed by atoms with Crippen molar-refractivity contribution in [2.24, 2.45) is 0 Å². The van der Waals surface area contributed by atoms with Gasteiger partial charge in [-0.2, -0.15) is 0 Å². The number of likely N-dealkylation sites (tertiary alicyclic amines) is 1. The Morgan fingerprint density at radius 1 is 1.14 bits per heavy atom. The van der Waals surface area contributed by atoms with E-state index >= 15 is 0 Å². The fourth-order valence-electron chi connectivity index (χ4n) is 3.58. The molecule has 1 amide bonds. The number of ketones is 1. The van der Waals surface area contributed by atoms with Gasteiger partial charge in [0.15, 0.2) is 0 Å². The first-order valence-corrected chi connectivity index (χ1v) is 10.4. The number of hydrogen-bond donors (Lipinski definition) is 1. The third-order valence-corrected chi connectivity index (χ3v) is 6.05. The maximum absolute atomic E-state index is 13.5. The van der Waals surface area contributed by atoms with E-state index in [-0.39, 0.29) is 11.3 Å². The molecule has 3 rings (SSSR count). The normalized spacial score (nSPS) is 18.5. The van der Waals surface area contributed by atoms with E-state index in [4.69, 9.17) is 0 Å². The molecule has 1 saturated heterocycles. The molecule has 2 aromatic carbocycles. The minimum Gasteiger partial charge on any atom is -0.507 e. The number of carbonyl (C=O) groups is 2. The van der Waals surface area contributed by atoms with Crippen LogP contribution in [0.25, 0.3) is 5.76 Å². The highest BCUT2D eigenvalue weighted by Crippen LogP contribution is 2.40. The molecule has 0 aromatic heterocycles. The van der Waals surface area contributed by atoms with Crippen molar-refractivity contribution in [2.45, 2.75) is 39.2 Å². The smallest absolute Gasteiger partial charge is 0.295 e. The van der Waals surface area contributed by atoms with E-state index in [1.807, 2.05) is 6.92 Å². The molecule has 29 heavy (non-hydrogen) atoms. The number of halogens is 2. The van der Waals surface area contributed by atoms with Crippen LogP contribution in [0.2, 0.25) is 0 Å². The molecular formula is C23H23BrFNO3. The zero-order valence-electron chi connectivity index (χ0n) is 16.4. The molecule has 6 heteroatoms. The summed E-state index contributed by atoms with van der Waals surface area (Å²) >= 11 is 3.42. The molecule has 0 spiro atoms. The fourth-order valence-corrected chi connectivity index (χ4v) is 3.83. The number of rotatable bonds is 6. The maximum Gasteiger partial charge on any atom is 0.295 e. The highest BCUT2D eigenvalue weighted by Gasteiger charge is 2.45. The number of benzene rings is 2. The molecule has 1 N–H and O–H groups in total. The maximum atomic E-state index is 13.5. The summed E-state index contributed by atoms with van der Waals surface area (Å²) in [7, 11) is 0. The van der Waals surface area contributed by atoms with E-state index in [1.54, 1.807) is 30.3 Å². The van der Waals surface area contributed by atoms with Gasteiger partial charge < -0.3 is 10.0 Å². The number of hydrogen-bond acceptors (Lipinski definition) is 3. The van der Waals surface area contributed by atoms with E-state index in [0.717, 1.165) is 29.3 Å². The molecule has 2 aromatic rings. The number of amides is 1. The van der Waals surface area contributed by atoms with Gasteiger partial charge >= 0.3 is 0 Å². The minimum atomic E-state index is -0.739. The second kappa shape index (κ2) is 8.91. The average Bonchev–Trinajstić information content (AvgIpc) is 2.95. The van der Waals surface area contributed by atoms with Crippen molar-refractivity contribution >= 4 is 33.4 Å². The fraction of sp³-hybridized carbons (Fsp3) is 0.304. The van der Waals surface area contributed by atoms with Crippen LogP contribution >= 0.6 is 15.9 Å². The Balaban J connectivity index is 2.13. The van der Waals surface area contributed by atoms with Gasteiger partial charge in [-0.3, -0.25) is 9.59 Å². The predicted molar refractivity (Wildman–Crippen MR) is 114 cm³/mol. The third-order valence-electron chi connectivity index (χ3n) is 5.16. The lowest BCUT2D eigenvalue weighted by Gasteiger charge is -2.25. The van der Waals surface area contributed by atoms with Gasteiger partial charge in [0.1, 0.15) is 11.6 Å². The molecule has 0 bridgehead atoms. The Labute approximate surface area is 178 Å². The van der Waals surface area contributed by atoms with Crippen LogP contribution < -0.4 is 0 Å². The highest BCUT2D eigenvalue weighted by molar-refractivity contribution is 9.10. The summed E-state index contributed by atoms with van der Waals surface area (Å²) < 4.78 is 14.3. The van der Waals surface area contributed by atoms with Crippen LogP contribution in [0.3, 0.4) is 0 Å². The van der Waals surface area contributed by atoms with Crippen LogP contribution in [0.5, 0.6) is 0 Å². The lowest BCUT2D eigenvalue weighted by molar-refractivity contribution is -0.139. The first-order chi connectivity index (χ1) is 13.8. The van der Waals surface area contributed by atoms with Gasteiger partial charge in [0.25, 0.3) is 11.7 Å². The van der Waals surface area contributed by atoms with Crippen molar-refractivity contribution < 1.29 is 19.1 Å². The Morgan fingerprint density at radius 2 is 1.83 bits per heavy atom. The number of unbranched alkanes of at least 4 members (excludes halogenated alkanes) is 2. The van der Waals surface area contributed by atoms with Crippen LogP contribution in [0.1, 0.15) is 48.9 Å². The largest absolute Gasteiger partial charge is 0.507 e. The Hall–Kier alpha value is -2.47. The lowest BCUT2D eigenvalue weighted by atomic mass is 9.95. The number of carbonyl (C=O) groups excluding carboxylic acids is 2. The topological polar surface area (TPSA) is 57.6 Å². The second-order valence-corrected chi connectivity index (χ2v) is 8.07. The molecule has 1 fully saturated rings. The standard InChI is InChI=1S/C23H23BrFNO3/c1-3-4-5-12-26-20(15-6-9-17(25)10-7-15)19(22(28)23(26)29)21(27)16-8-11-18(24)14(2)13-16/h6-11,13,20,27H,3-5,12H2,1-2H3/b21-19-. The SMILES string of the molecule is CCCCCN1C(=O)C(=O)/C(=C(\O)c2ccc(Br)c(C)c2)C1c1ccc(F)cc1. The first-order valence-electron chi connectivity index (χ1n) is 9.65. The minimum absolute atomic E-state index is 0.0415. The van der Waals surface area contributed by atoms with Gasteiger partial charge in [-0.25, -0.2) is 4.39 Å². The number of aliphatic hydroxyl groups excluding tert-OH is 1. The van der Waals surface area contributed by atoms with Crippen molar-refractivity contribution in [3.8, 4) is 0 Å². The Bertz CT molecular complexity index is 969. The molecule has 1 aliphatic rings. The van der Waals surface area contributed by atoms with E-state index in [1.165, 1.54) is 17.0 Å². The van der Waals surface area contributed by atoms with Crippen molar-refractivity contribution in [1.29, 1.82) is 0 Å². The lowest BCUT2D eigenvalue weighted by Crippen LogP contribution is -2.30. The average molecular weight is 460 g/mol. The van der Waals surface area contributed by atoms with E-state index in [9.17, 15) is 19.1 Å². The molecule has 1 atom stereocenters. The van der Waals surface area contributed by atoms with Crippen molar-refractivity contribution in [1.82, 2.24) is 4.90 Å². The van der Waals surface area contributed by atoms with Gasteiger partial charge in [-0.05, 0) is 48.7 Å². The van der Waals surface area contributed by atoms with Crippen LogP contribution in [0.4, 0.5) is 4.39 Å². The van der Waals surface area contributed by atoms with Crippen LogP contribution in [0.15, 0.2) is 52.5 Å². The van der Waals surface area contributed by atoms with E-state index in [0.29, 0.717) is 17.7 Å². The molecule has 1 unspecified atom stereocenters. The van der Waals surface area contributed by atoms with Gasteiger partial charge in [0, 0.05) is 16.6 Å². The molecule has 4 nitrogen and oxygen atoms in total. The second-order valence-electron chi connectivity index (χ2n) is 7.22. The molecule has 1 aliphatic heterocycles. The summed E-state index contributed by atoms with van der Waals surface area (Å²) in [6.45, 7) is 4.33. The summed E-state index contributed by atoms with van der Waals surface area (Å²) in [4.78, 5) is 27.1. The summed E-state index contributed by atoms with van der Waals surface area (Å²) in [5.74, 6) is -1.97. The molecule has 152 valence electrons. The first kappa shape index (κ1) is 21.2. The van der Waals surface area contributed by atoms with Crippen molar-refractivity contribution in [2.75, 3.05) is 6.54 Å². The molecule has 0 radical (unpaired) electrons. The Morgan fingerprint density at radius 3 is 2.45 bits per heavy atom. The van der Waals surface area contributed by atoms with Gasteiger partial charge in [0.2, 0.25) is 0 Å². The van der Waals surface area contributed by atoms with Crippen LogP contribution in [-0.2, 0) is 9.59 Å². The molecule has 0 saturated carbocycles. The number of aliphatic hydroxyl groups is 1. The number of nitrogens with zero attached hydrogens (tertiary/aromatic N) is 1. The molecule has 1 heterocycles. The third kappa shape index (κ3) is 4.27. The van der Waals surface area contributed by atoms with Crippen LogP contribution in [-0.4, -0.2) is 28.2 Å². The van der Waals surface area contributed by atoms with Crippen molar-refractivity contribution in [3.63, 3.8) is 0 Å². The molecule has 0 aliphatic carbocycles. The monoisotopic (exact) mass is 459 g/mol. The highest BCUT2D eigenvalue weighted by atomic mass is 79.9. The summed E-state index contributed by atoms with van der Waals surface area (Å²) in [6, 6.07) is 10.2. The zero-order valence-corrected chi connectivity index (χ0v) is 18.0. The van der Waals surface area contributed by atoms with E-state index in [2.05, 4.69) is 22.9 Å². The van der Waals surface area contributed by atoms with E-state index < -0.39 is 23.5 Å². The zero-order chi connectivity index (χ0) is 21.1. The van der Waals surface area contributed by atoms with Gasteiger partial charge in [-0.15, -0.1) is 0 Å². The number of Topliss-reactive ketones (excluding diaryl/α,β-unsaturated/α-hetero) is 1.